The molecule has 0 aliphatic carbocycles. The van der Waals surface area contributed by atoms with Crippen LogP contribution in [0.3, 0.4) is 0 Å². The highest BCUT2D eigenvalue weighted by Crippen LogP contribution is 2.23. The molecule has 0 atom stereocenters. The Hall–Kier alpha value is -5.24. The number of aliphatic imine (C=N–C) groups is 1. The van der Waals surface area contributed by atoms with Gasteiger partial charge in [0.05, 0.1) is 12.2 Å². The van der Waals surface area contributed by atoms with E-state index in [9.17, 15) is 14.4 Å². The lowest BCUT2D eigenvalue weighted by molar-refractivity contribution is -0.129. The van der Waals surface area contributed by atoms with Crippen LogP contribution in [0.15, 0.2) is 104 Å². The van der Waals surface area contributed by atoms with Crippen LogP contribution in [0.1, 0.15) is 27.0 Å². The zero-order valence-electron chi connectivity index (χ0n) is 21.4. The lowest BCUT2D eigenvalue weighted by Crippen LogP contribution is -2.10. The average molecular weight is 526 g/mol. The molecule has 0 spiro atoms. The molecule has 39 heavy (non-hydrogen) atoms. The van der Waals surface area contributed by atoms with Gasteiger partial charge in [-0.1, -0.05) is 25.8 Å². The number of hydrogen-bond acceptors (Lipinski definition) is 8. The highest BCUT2D eigenvalue weighted by Gasteiger charge is 2.13. The minimum Gasteiger partial charge on any atom is -0.493 e. The van der Waals surface area contributed by atoms with Gasteiger partial charge < -0.3 is 18.9 Å². The van der Waals surface area contributed by atoms with Crippen molar-refractivity contribution in [2.24, 2.45) is 4.99 Å². The van der Waals surface area contributed by atoms with Crippen LogP contribution in [0, 0.1) is 0 Å². The first-order valence-electron chi connectivity index (χ1n) is 11.8. The molecule has 0 amide bonds. The van der Waals surface area contributed by atoms with E-state index in [1.807, 2.05) is 12.1 Å². The topological polar surface area (TPSA) is 100 Å². The second-order valence-corrected chi connectivity index (χ2v) is 7.97. The molecule has 0 unspecified atom stereocenters. The number of nitrogens with zero attached hydrogens (tertiary/aromatic N) is 1. The number of benzene rings is 3. The first kappa shape index (κ1) is 28.3. The third-order valence-corrected chi connectivity index (χ3v) is 5.25. The first-order chi connectivity index (χ1) is 18.8. The van der Waals surface area contributed by atoms with Gasteiger partial charge in [0.2, 0.25) is 0 Å². The lowest BCUT2D eigenvalue weighted by atomic mass is 10.1. The zero-order valence-corrected chi connectivity index (χ0v) is 21.4. The van der Waals surface area contributed by atoms with Crippen molar-refractivity contribution < 1.29 is 33.3 Å². The van der Waals surface area contributed by atoms with E-state index in [1.165, 1.54) is 24.3 Å². The van der Waals surface area contributed by atoms with Crippen molar-refractivity contribution in [3.05, 3.63) is 121 Å². The minimum absolute atomic E-state index is 0.288. The summed E-state index contributed by atoms with van der Waals surface area (Å²) < 4.78 is 21.5. The average Bonchev–Trinajstić information content (AvgIpc) is 2.95. The normalized spacial score (nSPS) is 10.4. The first-order valence-corrected chi connectivity index (χ1v) is 11.8. The molecule has 0 aliphatic heterocycles. The van der Waals surface area contributed by atoms with Crippen molar-refractivity contribution in [3.63, 3.8) is 0 Å². The van der Waals surface area contributed by atoms with Gasteiger partial charge in [-0.25, -0.2) is 14.4 Å². The Morgan fingerprint density at radius 3 is 1.90 bits per heavy atom. The van der Waals surface area contributed by atoms with E-state index in [2.05, 4.69) is 24.7 Å². The van der Waals surface area contributed by atoms with Crippen LogP contribution in [0.5, 0.6) is 17.2 Å². The van der Waals surface area contributed by atoms with Crippen LogP contribution in [0.25, 0.3) is 5.76 Å². The van der Waals surface area contributed by atoms with E-state index in [1.54, 1.807) is 43.6 Å². The summed E-state index contributed by atoms with van der Waals surface area (Å²) in [5.41, 5.74) is 2.61. The third-order valence-electron chi connectivity index (χ3n) is 5.25. The summed E-state index contributed by atoms with van der Waals surface area (Å²) in [5, 5.41) is 0. The van der Waals surface area contributed by atoms with Gasteiger partial charge in [-0.3, -0.25) is 4.99 Å². The molecule has 0 saturated heterocycles. The van der Waals surface area contributed by atoms with Crippen molar-refractivity contribution in [2.45, 2.75) is 6.42 Å². The molecule has 0 N–H and O–H groups in total. The Balaban J connectivity index is 1.59. The van der Waals surface area contributed by atoms with Crippen LogP contribution < -0.4 is 14.2 Å². The van der Waals surface area contributed by atoms with Crippen LogP contribution in [-0.2, 0) is 20.7 Å². The molecule has 0 heterocycles. The van der Waals surface area contributed by atoms with Gasteiger partial charge in [-0.15, -0.1) is 0 Å². The fourth-order valence-corrected chi connectivity index (χ4v) is 3.30. The molecule has 0 saturated carbocycles. The van der Waals surface area contributed by atoms with Gasteiger partial charge in [0, 0.05) is 43.0 Å². The Labute approximate surface area is 226 Å². The summed E-state index contributed by atoms with van der Waals surface area (Å²) in [7, 11) is 1.62. The standard InChI is InChI=1S/C31H27NO7/c1-5-29(33)37-26-12-8-23(9-13-26)21(3)36-18-17-22-7-16-28(25(19-22)20-32-4)39-31(35)24-10-14-27(15-11-24)38-30(34)6-2/h5-16,19-20H,1-3,17-18H2,4H3. The molecular weight excluding hydrogens is 498 g/mol. The molecule has 8 heteroatoms. The van der Waals surface area contributed by atoms with E-state index < -0.39 is 17.9 Å². The van der Waals surface area contributed by atoms with Crippen molar-refractivity contribution in [1.82, 2.24) is 0 Å². The largest absolute Gasteiger partial charge is 0.493 e. The molecule has 0 fully saturated rings. The molecule has 3 rings (SSSR count). The second-order valence-electron chi connectivity index (χ2n) is 7.97. The van der Waals surface area contributed by atoms with Gasteiger partial charge in [-0.05, 0) is 66.2 Å². The van der Waals surface area contributed by atoms with E-state index in [-0.39, 0.29) is 11.3 Å². The highest BCUT2D eigenvalue weighted by atomic mass is 16.5. The van der Waals surface area contributed by atoms with Crippen molar-refractivity contribution in [1.29, 1.82) is 0 Å². The summed E-state index contributed by atoms with van der Waals surface area (Å²) in [5.74, 6) is -0.189. The SMILES string of the molecule is C=CC(=O)Oc1ccc(C(=C)OCCc2ccc(OC(=O)c3ccc(OC(=O)C=C)cc3)c(C=NC)c2)cc1. The second kappa shape index (κ2) is 13.9. The maximum Gasteiger partial charge on any atom is 0.343 e. The van der Waals surface area contributed by atoms with Gasteiger partial charge in [0.25, 0.3) is 0 Å². The fourth-order valence-electron chi connectivity index (χ4n) is 3.30. The van der Waals surface area contributed by atoms with Crippen molar-refractivity contribution >= 4 is 29.9 Å². The number of carbonyl (C=O) groups excluding carboxylic acids is 3. The smallest absolute Gasteiger partial charge is 0.343 e. The Morgan fingerprint density at radius 2 is 1.36 bits per heavy atom. The van der Waals surface area contributed by atoms with E-state index in [4.69, 9.17) is 18.9 Å². The summed E-state index contributed by atoms with van der Waals surface area (Å²) >= 11 is 0. The summed E-state index contributed by atoms with van der Waals surface area (Å²) in [6, 6.07) is 18.2. The van der Waals surface area contributed by atoms with Gasteiger partial charge in [0.1, 0.15) is 23.0 Å². The number of ether oxygens (including phenoxy) is 4. The maximum atomic E-state index is 12.7. The Bertz CT molecular complexity index is 1400. The lowest BCUT2D eigenvalue weighted by Gasteiger charge is -2.12. The highest BCUT2D eigenvalue weighted by molar-refractivity contribution is 5.93. The molecule has 8 nitrogen and oxygen atoms in total. The zero-order chi connectivity index (χ0) is 28.2. The quantitative estimate of drug-likeness (QED) is 0.103. The van der Waals surface area contributed by atoms with Crippen LogP contribution in [0.2, 0.25) is 0 Å². The molecule has 3 aromatic carbocycles. The van der Waals surface area contributed by atoms with Crippen LogP contribution in [0.4, 0.5) is 0 Å². The fraction of sp³-hybridized carbons (Fsp3) is 0.0968. The van der Waals surface area contributed by atoms with E-state index >= 15 is 0 Å². The Morgan fingerprint density at radius 1 is 0.795 bits per heavy atom. The minimum atomic E-state index is -0.592. The molecule has 0 bridgehead atoms. The van der Waals surface area contributed by atoms with E-state index in [0.29, 0.717) is 35.8 Å². The predicted octanol–water partition coefficient (Wildman–Crippen LogP) is 5.37. The maximum absolute atomic E-state index is 12.7. The number of carbonyl (C=O) groups is 3. The predicted molar refractivity (Wildman–Crippen MR) is 148 cm³/mol. The van der Waals surface area contributed by atoms with Gasteiger partial charge in [-0.2, -0.15) is 0 Å². The number of hydrogen-bond donors (Lipinski definition) is 0. The van der Waals surface area contributed by atoms with Crippen molar-refractivity contribution in [2.75, 3.05) is 13.7 Å². The molecule has 0 aliphatic rings. The van der Waals surface area contributed by atoms with E-state index in [0.717, 1.165) is 23.3 Å². The third kappa shape index (κ3) is 8.40. The van der Waals surface area contributed by atoms with Crippen molar-refractivity contribution in [3.8, 4) is 17.2 Å². The Kier molecular flexibility index (Phi) is 10.1. The van der Waals surface area contributed by atoms with Crippen LogP contribution >= 0.6 is 0 Å². The summed E-state index contributed by atoms with van der Waals surface area (Å²) in [6.07, 6.45) is 4.31. The molecule has 3 aromatic rings. The number of rotatable bonds is 12. The molecule has 0 aromatic heterocycles. The van der Waals surface area contributed by atoms with Gasteiger partial charge >= 0.3 is 17.9 Å². The monoisotopic (exact) mass is 525 g/mol. The number of esters is 3. The van der Waals surface area contributed by atoms with Gasteiger partial charge in [0.15, 0.2) is 0 Å². The summed E-state index contributed by atoms with van der Waals surface area (Å²) in [4.78, 5) is 39.3. The summed E-state index contributed by atoms with van der Waals surface area (Å²) in [6.45, 7) is 11.0. The molecular formula is C31H27NO7. The molecule has 198 valence electrons. The van der Waals surface area contributed by atoms with Crippen LogP contribution in [-0.4, -0.2) is 37.8 Å². The molecule has 0 radical (unpaired) electrons.